The maximum Gasteiger partial charge on any atom is 0.333 e. The van der Waals surface area contributed by atoms with E-state index in [4.69, 9.17) is 4.74 Å². The molecular weight excluding hydrogens is 176 g/mol. The summed E-state index contributed by atoms with van der Waals surface area (Å²) in [5, 5.41) is 0. The number of rotatable bonds is 4. The summed E-state index contributed by atoms with van der Waals surface area (Å²) in [5.41, 5.74) is 0.677. The molecule has 0 fully saturated rings. The molecule has 82 valence electrons. The van der Waals surface area contributed by atoms with E-state index in [2.05, 4.69) is 27.7 Å². The molecule has 2 heteroatoms. The first-order chi connectivity index (χ1) is 6.40. The molecule has 0 N–H and O–H groups in total. The van der Waals surface area contributed by atoms with Crippen molar-refractivity contribution in [3.63, 3.8) is 0 Å². The van der Waals surface area contributed by atoms with Crippen LogP contribution < -0.4 is 0 Å². The Labute approximate surface area is 87.3 Å². The lowest BCUT2D eigenvalue weighted by Gasteiger charge is -2.24. The lowest BCUT2D eigenvalue weighted by molar-refractivity contribution is -0.149. The quantitative estimate of drug-likeness (QED) is 0.512. The van der Waals surface area contributed by atoms with Gasteiger partial charge in [-0.15, -0.1) is 0 Å². The third-order valence-electron chi connectivity index (χ3n) is 2.31. The first-order valence-electron chi connectivity index (χ1n) is 5.24. The summed E-state index contributed by atoms with van der Waals surface area (Å²) < 4.78 is 5.42. The van der Waals surface area contributed by atoms with Gasteiger partial charge < -0.3 is 4.74 Å². The first kappa shape index (κ1) is 13.2. The van der Waals surface area contributed by atoms with E-state index in [1.54, 1.807) is 13.0 Å². The number of hydrogen-bond acceptors (Lipinski definition) is 2. The van der Waals surface area contributed by atoms with Gasteiger partial charge in [-0.05, 0) is 25.7 Å². The first-order valence-corrected chi connectivity index (χ1v) is 5.24. The highest BCUT2D eigenvalue weighted by Crippen LogP contribution is 2.17. The van der Waals surface area contributed by atoms with Crippen molar-refractivity contribution in [3.8, 4) is 0 Å². The maximum atomic E-state index is 11.5. The minimum absolute atomic E-state index is 0.0115. The maximum absolute atomic E-state index is 11.5. The molecule has 0 aromatic heterocycles. The topological polar surface area (TPSA) is 26.3 Å². The van der Waals surface area contributed by atoms with Crippen molar-refractivity contribution in [2.75, 3.05) is 0 Å². The molecule has 0 aliphatic heterocycles. The number of ether oxygens (including phenoxy) is 1. The molecule has 0 amide bonds. The fourth-order valence-corrected chi connectivity index (χ4v) is 1.38. The summed E-state index contributed by atoms with van der Waals surface area (Å²) >= 11 is 0. The molecule has 2 nitrogen and oxygen atoms in total. The molecule has 0 unspecified atom stereocenters. The summed E-state index contributed by atoms with van der Waals surface area (Å²) in [6, 6.07) is 0. The third kappa shape index (κ3) is 3.95. The van der Waals surface area contributed by atoms with Crippen molar-refractivity contribution in [1.29, 1.82) is 0 Å². The SMILES string of the molecule is C/C=C(\C)C(=O)OC(C(C)C)C(C)C. The third-order valence-corrected chi connectivity index (χ3v) is 2.31. The molecule has 14 heavy (non-hydrogen) atoms. The Balaban J connectivity index is 4.39. The Morgan fingerprint density at radius 2 is 1.57 bits per heavy atom. The van der Waals surface area contributed by atoms with Crippen LogP contribution in [0.25, 0.3) is 0 Å². The monoisotopic (exact) mass is 198 g/mol. The molecule has 0 aliphatic rings. The van der Waals surface area contributed by atoms with Gasteiger partial charge in [-0.1, -0.05) is 33.8 Å². The van der Waals surface area contributed by atoms with Crippen LogP contribution in [0.4, 0.5) is 0 Å². The number of carbonyl (C=O) groups excluding carboxylic acids is 1. The molecule has 0 aliphatic carbocycles. The minimum atomic E-state index is -0.195. The number of carbonyl (C=O) groups is 1. The second-order valence-electron chi connectivity index (χ2n) is 4.33. The van der Waals surface area contributed by atoms with Crippen molar-refractivity contribution in [2.24, 2.45) is 11.8 Å². The van der Waals surface area contributed by atoms with Gasteiger partial charge in [-0.25, -0.2) is 4.79 Å². The van der Waals surface area contributed by atoms with E-state index in [1.165, 1.54) is 0 Å². The molecule has 0 atom stereocenters. The van der Waals surface area contributed by atoms with Crippen LogP contribution in [0.3, 0.4) is 0 Å². The van der Waals surface area contributed by atoms with E-state index in [0.717, 1.165) is 0 Å². The van der Waals surface area contributed by atoms with Gasteiger partial charge in [-0.2, -0.15) is 0 Å². The molecule has 0 saturated heterocycles. The van der Waals surface area contributed by atoms with Gasteiger partial charge >= 0.3 is 5.97 Å². The molecule has 0 heterocycles. The largest absolute Gasteiger partial charge is 0.458 e. The fraction of sp³-hybridized carbons (Fsp3) is 0.750. The summed E-state index contributed by atoms with van der Waals surface area (Å²) in [6.45, 7) is 11.9. The highest BCUT2D eigenvalue weighted by Gasteiger charge is 2.22. The lowest BCUT2D eigenvalue weighted by atomic mass is 9.96. The Hall–Kier alpha value is -0.790. The van der Waals surface area contributed by atoms with Crippen molar-refractivity contribution in [2.45, 2.75) is 47.6 Å². The standard InChI is InChI=1S/C12H22O2/c1-7-10(6)12(13)14-11(8(2)3)9(4)5/h7-9,11H,1-6H3/b10-7+. The lowest BCUT2D eigenvalue weighted by Crippen LogP contribution is -2.29. The Bertz CT molecular complexity index is 206. The molecule has 0 spiro atoms. The van der Waals surface area contributed by atoms with Gasteiger partial charge in [0.25, 0.3) is 0 Å². The zero-order valence-electron chi connectivity index (χ0n) is 10.1. The van der Waals surface area contributed by atoms with Gasteiger partial charge in [0.05, 0.1) is 0 Å². The van der Waals surface area contributed by atoms with E-state index >= 15 is 0 Å². The smallest absolute Gasteiger partial charge is 0.333 e. The van der Waals surface area contributed by atoms with Crippen LogP contribution in [-0.2, 0) is 9.53 Å². The van der Waals surface area contributed by atoms with Crippen molar-refractivity contribution < 1.29 is 9.53 Å². The molecule has 0 radical (unpaired) electrons. The van der Waals surface area contributed by atoms with Crippen molar-refractivity contribution >= 4 is 5.97 Å². The predicted molar refractivity (Wildman–Crippen MR) is 59.0 cm³/mol. The van der Waals surface area contributed by atoms with Gasteiger partial charge in [0.15, 0.2) is 0 Å². The van der Waals surface area contributed by atoms with E-state index < -0.39 is 0 Å². The summed E-state index contributed by atoms with van der Waals surface area (Å²) in [5.74, 6) is 0.534. The average molecular weight is 198 g/mol. The normalized spacial score (nSPS) is 12.8. The highest BCUT2D eigenvalue weighted by atomic mass is 16.5. The van der Waals surface area contributed by atoms with Crippen molar-refractivity contribution in [3.05, 3.63) is 11.6 Å². The number of hydrogen-bond donors (Lipinski definition) is 0. The van der Waals surface area contributed by atoms with Crippen LogP contribution in [0.1, 0.15) is 41.5 Å². The summed E-state index contributed by atoms with van der Waals surface area (Å²) in [4.78, 5) is 11.5. The Kier molecular flexibility index (Phi) is 5.51. The van der Waals surface area contributed by atoms with E-state index in [1.807, 2.05) is 6.92 Å². The number of esters is 1. The van der Waals surface area contributed by atoms with E-state index in [0.29, 0.717) is 17.4 Å². The number of allylic oxidation sites excluding steroid dienone is 1. The van der Waals surface area contributed by atoms with Crippen molar-refractivity contribution in [1.82, 2.24) is 0 Å². The van der Waals surface area contributed by atoms with Gasteiger partial charge in [0.2, 0.25) is 0 Å². The Morgan fingerprint density at radius 3 is 1.86 bits per heavy atom. The van der Waals surface area contributed by atoms with Crippen LogP contribution in [0.5, 0.6) is 0 Å². The van der Waals surface area contributed by atoms with Crippen LogP contribution in [0.2, 0.25) is 0 Å². The molecule has 0 aromatic rings. The average Bonchev–Trinajstić information content (AvgIpc) is 2.11. The fourth-order valence-electron chi connectivity index (χ4n) is 1.38. The highest BCUT2D eigenvalue weighted by molar-refractivity contribution is 5.87. The molecule has 0 bridgehead atoms. The molecule has 0 rings (SSSR count). The molecular formula is C12H22O2. The second-order valence-corrected chi connectivity index (χ2v) is 4.33. The van der Waals surface area contributed by atoms with E-state index in [-0.39, 0.29) is 12.1 Å². The van der Waals surface area contributed by atoms with Crippen LogP contribution in [0.15, 0.2) is 11.6 Å². The van der Waals surface area contributed by atoms with Gasteiger partial charge in [0, 0.05) is 5.57 Å². The van der Waals surface area contributed by atoms with Crippen LogP contribution in [0, 0.1) is 11.8 Å². The van der Waals surface area contributed by atoms with Gasteiger partial charge in [0.1, 0.15) is 6.10 Å². The van der Waals surface area contributed by atoms with Gasteiger partial charge in [-0.3, -0.25) is 0 Å². The zero-order valence-corrected chi connectivity index (χ0v) is 10.1. The summed E-state index contributed by atoms with van der Waals surface area (Å²) in [7, 11) is 0. The van der Waals surface area contributed by atoms with E-state index in [9.17, 15) is 4.79 Å². The predicted octanol–water partition coefficient (Wildman–Crippen LogP) is 3.18. The zero-order chi connectivity index (χ0) is 11.3. The van der Waals surface area contributed by atoms with Crippen LogP contribution >= 0.6 is 0 Å². The Morgan fingerprint density at radius 1 is 1.14 bits per heavy atom. The molecule has 0 aromatic carbocycles. The second kappa shape index (κ2) is 5.84. The summed E-state index contributed by atoms with van der Waals surface area (Å²) in [6.07, 6.45) is 1.79. The molecule has 0 saturated carbocycles. The minimum Gasteiger partial charge on any atom is -0.458 e. The van der Waals surface area contributed by atoms with Crippen LogP contribution in [-0.4, -0.2) is 12.1 Å².